The first-order valence-electron chi connectivity index (χ1n) is 9.81. The highest BCUT2D eigenvalue weighted by Gasteiger charge is 2.26. The minimum atomic E-state index is 0.149. The smallest absolute Gasteiger partial charge is 0.317 e. The molecule has 1 heterocycles. The van der Waals surface area contributed by atoms with E-state index in [0.717, 1.165) is 62.8 Å². The van der Waals surface area contributed by atoms with Gasteiger partial charge in [0.1, 0.15) is 6.10 Å². The van der Waals surface area contributed by atoms with Crippen molar-refractivity contribution in [3.8, 4) is 6.01 Å². The van der Waals surface area contributed by atoms with E-state index < -0.39 is 0 Å². The summed E-state index contributed by atoms with van der Waals surface area (Å²) >= 11 is 0. The Hall–Kier alpha value is -1.65. The molecule has 1 fully saturated rings. The highest BCUT2D eigenvalue weighted by Crippen LogP contribution is 2.23. The molecule has 1 aliphatic rings. The Labute approximate surface area is 152 Å². The molecule has 0 bridgehead atoms. The predicted molar refractivity (Wildman–Crippen MR) is 99.6 cm³/mol. The zero-order valence-electron chi connectivity index (χ0n) is 16.2. The van der Waals surface area contributed by atoms with Crippen LogP contribution in [0.25, 0.3) is 0 Å². The summed E-state index contributed by atoms with van der Waals surface area (Å²) in [4.78, 5) is 21.2. The van der Waals surface area contributed by atoms with Gasteiger partial charge in [-0.1, -0.05) is 26.7 Å². The normalized spacial score (nSPS) is 20.5. The highest BCUT2D eigenvalue weighted by molar-refractivity contribution is 5.78. The van der Waals surface area contributed by atoms with Crippen LogP contribution in [0.1, 0.15) is 76.6 Å². The third-order valence-electron chi connectivity index (χ3n) is 4.90. The van der Waals surface area contributed by atoms with E-state index in [2.05, 4.69) is 29.1 Å². The second kappa shape index (κ2) is 9.73. The first-order valence-corrected chi connectivity index (χ1v) is 9.81. The van der Waals surface area contributed by atoms with Gasteiger partial charge in [-0.15, -0.1) is 0 Å². The van der Waals surface area contributed by atoms with E-state index in [-0.39, 0.29) is 24.0 Å². The number of nitrogens with zero attached hydrogens (tertiary/aromatic N) is 2. The van der Waals surface area contributed by atoms with Crippen molar-refractivity contribution in [2.24, 2.45) is 5.92 Å². The molecule has 1 N–H and O–H groups in total. The molecule has 0 radical (unpaired) electrons. The van der Waals surface area contributed by atoms with Crippen LogP contribution in [0.2, 0.25) is 0 Å². The van der Waals surface area contributed by atoms with Crippen molar-refractivity contribution in [2.75, 3.05) is 0 Å². The Morgan fingerprint density at radius 2 is 1.68 bits per heavy atom. The Balaban J connectivity index is 1.79. The summed E-state index contributed by atoms with van der Waals surface area (Å²) in [5.41, 5.74) is 1.86. The van der Waals surface area contributed by atoms with E-state index in [4.69, 9.17) is 4.74 Å². The van der Waals surface area contributed by atoms with Crippen LogP contribution >= 0.6 is 0 Å². The lowest BCUT2D eigenvalue weighted by atomic mass is 9.91. The van der Waals surface area contributed by atoms with Gasteiger partial charge in [0.15, 0.2) is 0 Å². The van der Waals surface area contributed by atoms with Crippen molar-refractivity contribution in [1.82, 2.24) is 15.3 Å². The number of hydrogen-bond acceptors (Lipinski definition) is 4. The quantitative estimate of drug-likeness (QED) is 0.768. The van der Waals surface area contributed by atoms with Gasteiger partial charge in [-0.25, -0.2) is 9.97 Å². The molecule has 0 spiro atoms. The lowest BCUT2D eigenvalue weighted by Crippen LogP contribution is -2.42. The lowest BCUT2D eigenvalue weighted by molar-refractivity contribution is -0.126. The summed E-state index contributed by atoms with van der Waals surface area (Å²) in [6.45, 7) is 8.20. The van der Waals surface area contributed by atoms with Crippen molar-refractivity contribution < 1.29 is 9.53 Å². The molecule has 1 amide bonds. The van der Waals surface area contributed by atoms with Gasteiger partial charge in [0.05, 0.1) is 0 Å². The summed E-state index contributed by atoms with van der Waals surface area (Å²) in [5, 5.41) is 3.27. The SMILES string of the molecule is CCCC(CCC)C(=O)NC1CCC(Oc2nc(C)cc(C)n2)CC1. The van der Waals surface area contributed by atoms with E-state index in [1.807, 2.05) is 19.9 Å². The van der Waals surface area contributed by atoms with Crippen LogP contribution in [-0.4, -0.2) is 28.0 Å². The van der Waals surface area contributed by atoms with Crippen LogP contribution in [0.3, 0.4) is 0 Å². The van der Waals surface area contributed by atoms with Gasteiger partial charge >= 0.3 is 6.01 Å². The van der Waals surface area contributed by atoms with Crippen molar-refractivity contribution in [3.05, 3.63) is 17.5 Å². The number of carbonyl (C=O) groups is 1. The maximum Gasteiger partial charge on any atom is 0.317 e. The summed E-state index contributed by atoms with van der Waals surface area (Å²) in [6.07, 6.45) is 8.06. The third kappa shape index (κ3) is 6.29. The number of hydrogen-bond donors (Lipinski definition) is 1. The molecule has 1 aromatic rings. The summed E-state index contributed by atoms with van der Waals surface area (Å²) in [7, 11) is 0. The molecule has 0 atom stereocenters. The van der Waals surface area contributed by atoms with Crippen molar-refractivity contribution in [1.29, 1.82) is 0 Å². The number of amides is 1. The Morgan fingerprint density at radius 3 is 2.20 bits per heavy atom. The van der Waals surface area contributed by atoms with Crippen LogP contribution in [0.4, 0.5) is 0 Å². The minimum absolute atomic E-state index is 0.149. The second-order valence-corrected chi connectivity index (χ2v) is 7.31. The minimum Gasteiger partial charge on any atom is -0.460 e. The lowest BCUT2D eigenvalue weighted by Gasteiger charge is -2.30. The van der Waals surface area contributed by atoms with E-state index in [1.54, 1.807) is 0 Å². The molecule has 0 aliphatic heterocycles. The standard InChI is InChI=1S/C20H33N3O2/c1-5-7-16(8-6-2)19(24)23-17-9-11-18(12-10-17)25-20-21-14(3)13-15(4)22-20/h13,16-18H,5-12H2,1-4H3,(H,23,24). The monoisotopic (exact) mass is 347 g/mol. The maximum atomic E-state index is 12.5. The summed E-state index contributed by atoms with van der Waals surface area (Å²) < 4.78 is 5.96. The van der Waals surface area contributed by atoms with Crippen molar-refractivity contribution in [3.63, 3.8) is 0 Å². The van der Waals surface area contributed by atoms with Crippen molar-refractivity contribution in [2.45, 2.75) is 91.2 Å². The van der Waals surface area contributed by atoms with E-state index in [0.29, 0.717) is 6.01 Å². The molecule has 140 valence electrons. The van der Waals surface area contributed by atoms with Crippen LogP contribution in [0.15, 0.2) is 6.07 Å². The number of rotatable bonds is 8. The molecule has 0 unspecified atom stereocenters. The Kier molecular flexibility index (Phi) is 7.66. The highest BCUT2D eigenvalue weighted by atomic mass is 16.5. The molecular weight excluding hydrogens is 314 g/mol. The molecule has 2 rings (SSSR count). The molecule has 0 aromatic carbocycles. The van der Waals surface area contributed by atoms with Gasteiger partial charge in [-0.05, 0) is 58.4 Å². The summed E-state index contributed by atoms with van der Waals surface area (Å²) in [5.74, 6) is 0.415. The fourth-order valence-electron chi connectivity index (χ4n) is 3.64. The topological polar surface area (TPSA) is 64.1 Å². The molecule has 1 saturated carbocycles. The molecule has 25 heavy (non-hydrogen) atoms. The zero-order chi connectivity index (χ0) is 18.2. The van der Waals surface area contributed by atoms with Gasteiger partial charge in [-0.2, -0.15) is 0 Å². The average Bonchev–Trinajstić information content (AvgIpc) is 2.55. The number of nitrogens with one attached hydrogen (secondary N) is 1. The molecule has 1 aliphatic carbocycles. The van der Waals surface area contributed by atoms with Crippen LogP contribution in [0, 0.1) is 19.8 Å². The van der Waals surface area contributed by atoms with E-state index in [9.17, 15) is 4.79 Å². The van der Waals surface area contributed by atoms with E-state index in [1.165, 1.54) is 0 Å². The van der Waals surface area contributed by atoms with Crippen LogP contribution < -0.4 is 10.1 Å². The predicted octanol–water partition coefficient (Wildman–Crippen LogP) is 4.12. The molecule has 1 aromatic heterocycles. The fraction of sp³-hybridized carbons (Fsp3) is 0.750. The zero-order valence-corrected chi connectivity index (χ0v) is 16.2. The first-order chi connectivity index (χ1) is 12.0. The average molecular weight is 348 g/mol. The first kappa shape index (κ1) is 19.7. The van der Waals surface area contributed by atoms with Gasteiger partial charge < -0.3 is 10.1 Å². The second-order valence-electron chi connectivity index (χ2n) is 7.31. The van der Waals surface area contributed by atoms with Crippen LogP contribution in [-0.2, 0) is 4.79 Å². The largest absolute Gasteiger partial charge is 0.460 e. The fourth-order valence-corrected chi connectivity index (χ4v) is 3.64. The number of ether oxygens (including phenoxy) is 1. The Morgan fingerprint density at radius 1 is 1.12 bits per heavy atom. The van der Waals surface area contributed by atoms with Crippen molar-refractivity contribution >= 4 is 5.91 Å². The maximum absolute atomic E-state index is 12.5. The van der Waals surface area contributed by atoms with Gasteiger partial charge in [0.25, 0.3) is 0 Å². The third-order valence-corrected chi connectivity index (χ3v) is 4.90. The van der Waals surface area contributed by atoms with Gasteiger partial charge in [-0.3, -0.25) is 4.79 Å². The molecule has 0 saturated heterocycles. The number of aromatic nitrogens is 2. The number of aryl methyl sites for hydroxylation is 2. The summed E-state index contributed by atoms with van der Waals surface area (Å²) in [6, 6.07) is 2.71. The van der Waals surface area contributed by atoms with Crippen LogP contribution in [0.5, 0.6) is 6.01 Å². The van der Waals surface area contributed by atoms with Gasteiger partial charge in [0.2, 0.25) is 5.91 Å². The van der Waals surface area contributed by atoms with E-state index >= 15 is 0 Å². The number of carbonyl (C=O) groups excluding carboxylic acids is 1. The Bertz CT molecular complexity index is 528. The molecule has 5 heteroatoms. The molecular formula is C20H33N3O2. The molecule has 5 nitrogen and oxygen atoms in total. The van der Waals surface area contributed by atoms with Gasteiger partial charge in [0, 0.05) is 23.3 Å².